The highest BCUT2D eigenvalue weighted by Gasteiger charge is 2.23. The van der Waals surface area contributed by atoms with Crippen LogP contribution >= 0.6 is 0 Å². The summed E-state index contributed by atoms with van der Waals surface area (Å²) < 4.78 is 0. The van der Waals surface area contributed by atoms with Crippen LogP contribution in [0.3, 0.4) is 0 Å². The maximum absolute atomic E-state index is 12.4. The van der Waals surface area contributed by atoms with Gasteiger partial charge in [0.15, 0.2) is 11.5 Å². The van der Waals surface area contributed by atoms with E-state index in [-0.39, 0.29) is 17.7 Å². The van der Waals surface area contributed by atoms with Gasteiger partial charge in [0.05, 0.1) is 0 Å². The van der Waals surface area contributed by atoms with E-state index in [0.717, 1.165) is 12.1 Å². The summed E-state index contributed by atoms with van der Waals surface area (Å²) in [7, 11) is 0. The number of benzene rings is 2. The maximum atomic E-state index is 12.4. The maximum Gasteiger partial charge on any atom is 0.322 e. The van der Waals surface area contributed by atoms with E-state index in [0.29, 0.717) is 5.56 Å². The number of rotatable bonds is 7. The summed E-state index contributed by atoms with van der Waals surface area (Å²) in [5.41, 5.74) is 0.629. The minimum absolute atomic E-state index is 0.00652. The van der Waals surface area contributed by atoms with E-state index < -0.39 is 41.9 Å². The van der Waals surface area contributed by atoms with Crippen LogP contribution in [-0.4, -0.2) is 50.8 Å². The average molecular weight is 374 g/mol. The molecule has 2 rings (SSSR count). The van der Waals surface area contributed by atoms with Gasteiger partial charge in [-0.25, -0.2) is 0 Å². The Morgan fingerprint density at radius 3 is 2.19 bits per heavy atom. The van der Waals surface area contributed by atoms with Gasteiger partial charge in [-0.05, 0) is 35.9 Å². The zero-order valence-corrected chi connectivity index (χ0v) is 14.0. The summed E-state index contributed by atoms with van der Waals surface area (Å²) in [5, 5.41) is 41.5. The van der Waals surface area contributed by atoms with Crippen molar-refractivity contribution >= 4 is 17.8 Å². The monoisotopic (exact) mass is 374 g/mol. The molecule has 0 fully saturated rings. The summed E-state index contributed by atoms with van der Waals surface area (Å²) in [5.74, 6) is -3.49. The van der Waals surface area contributed by atoms with Crippen molar-refractivity contribution in [1.29, 1.82) is 0 Å². The number of hydrogen-bond donors (Lipinski definition) is 6. The van der Waals surface area contributed by atoms with E-state index >= 15 is 0 Å². The molecule has 2 amide bonds. The number of hydrogen-bond acceptors (Lipinski definition) is 6. The van der Waals surface area contributed by atoms with Gasteiger partial charge in [-0.3, -0.25) is 14.4 Å². The normalized spacial score (nSPS) is 11.4. The highest BCUT2D eigenvalue weighted by atomic mass is 16.4. The van der Waals surface area contributed by atoms with E-state index in [4.69, 9.17) is 5.11 Å². The summed E-state index contributed by atoms with van der Waals surface area (Å²) >= 11 is 0. The third kappa shape index (κ3) is 5.63. The Balaban J connectivity index is 2.17. The first-order valence-corrected chi connectivity index (χ1v) is 7.86. The standard InChI is InChI=1S/C18H18N2O7/c21-12-4-1-10(2-5-12)7-13(18(27)19-9-16(24)25)20-17(26)11-3-6-14(22)15(23)8-11/h1-6,8,13,21-23H,7,9H2,(H,19,27)(H,20,26)(H,24,25)/t13-/m0/s1. The number of carbonyl (C=O) groups is 3. The van der Waals surface area contributed by atoms with Gasteiger partial charge in [-0.2, -0.15) is 0 Å². The van der Waals surface area contributed by atoms with Crippen LogP contribution in [0.4, 0.5) is 0 Å². The van der Waals surface area contributed by atoms with Crippen LogP contribution in [0.5, 0.6) is 17.2 Å². The molecule has 9 heteroatoms. The number of nitrogens with one attached hydrogen (secondary N) is 2. The van der Waals surface area contributed by atoms with Gasteiger partial charge in [0.2, 0.25) is 5.91 Å². The molecule has 9 nitrogen and oxygen atoms in total. The molecule has 0 aliphatic heterocycles. The highest BCUT2D eigenvalue weighted by molar-refractivity contribution is 5.98. The van der Waals surface area contributed by atoms with Crippen molar-refractivity contribution in [2.45, 2.75) is 12.5 Å². The second-order valence-electron chi connectivity index (χ2n) is 5.71. The van der Waals surface area contributed by atoms with Gasteiger partial charge in [0.25, 0.3) is 5.91 Å². The van der Waals surface area contributed by atoms with E-state index in [2.05, 4.69) is 10.6 Å². The lowest BCUT2D eigenvalue weighted by Gasteiger charge is -2.18. The number of phenols is 3. The lowest BCUT2D eigenvalue weighted by molar-refractivity contribution is -0.138. The Kier molecular flexibility index (Phi) is 6.21. The minimum atomic E-state index is -1.23. The van der Waals surface area contributed by atoms with Gasteiger partial charge in [-0.15, -0.1) is 0 Å². The molecule has 142 valence electrons. The third-order valence-electron chi connectivity index (χ3n) is 3.65. The van der Waals surface area contributed by atoms with Crippen molar-refractivity contribution in [2.24, 2.45) is 0 Å². The Hall–Kier alpha value is -3.75. The minimum Gasteiger partial charge on any atom is -0.508 e. The molecule has 0 aliphatic carbocycles. The molecule has 0 spiro atoms. The first-order valence-electron chi connectivity index (χ1n) is 7.86. The number of aliphatic carboxylic acids is 1. The van der Waals surface area contributed by atoms with Crippen molar-refractivity contribution in [3.63, 3.8) is 0 Å². The number of aromatic hydroxyl groups is 3. The summed E-state index contributed by atoms with van der Waals surface area (Å²) in [6.07, 6.45) is 0.0432. The van der Waals surface area contributed by atoms with Crippen LogP contribution in [0.2, 0.25) is 0 Å². The van der Waals surface area contributed by atoms with Gasteiger partial charge in [0.1, 0.15) is 18.3 Å². The van der Waals surface area contributed by atoms with Crippen LogP contribution in [-0.2, 0) is 16.0 Å². The van der Waals surface area contributed by atoms with Crippen LogP contribution < -0.4 is 10.6 Å². The van der Waals surface area contributed by atoms with Crippen LogP contribution in [0, 0.1) is 0 Å². The molecule has 2 aromatic rings. The van der Waals surface area contributed by atoms with Gasteiger partial charge >= 0.3 is 5.97 Å². The molecule has 0 aromatic heterocycles. The molecule has 0 bridgehead atoms. The second-order valence-corrected chi connectivity index (χ2v) is 5.71. The number of amides is 2. The molecular weight excluding hydrogens is 356 g/mol. The first kappa shape index (κ1) is 19.6. The van der Waals surface area contributed by atoms with E-state index in [1.54, 1.807) is 12.1 Å². The van der Waals surface area contributed by atoms with Crippen molar-refractivity contribution in [1.82, 2.24) is 10.6 Å². The molecular formula is C18H18N2O7. The second kappa shape index (κ2) is 8.56. The Morgan fingerprint density at radius 2 is 1.59 bits per heavy atom. The van der Waals surface area contributed by atoms with E-state index in [1.807, 2.05) is 0 Å². The van der Waals surface area contributed by atoms with Crippen molar-refractivity contribution in [3.05, 3.63) is 53.6 Å². The smallest absolute Gasteiger partial charge is 0.322 e. The lowest BCUT2D eigenvalue weighted by Crippen LogP contribution is -2.49. The zero-order chi connectivity index (χ0) is 20.0. The Labute approximate surface area is 153 Å². The van der Waals surface area contributed by atoms with E-state index in [1.165, 1.54) is 18.2 Å². The molecule has 27 heavy (non-hydrogen) atoms. The van der Waals surface area contributed by atoms with Gasteiger partial charge in [0, 0.05) is 12.0 Å². The molecule has 0 heterocycles. The molecule has 0 radical (unpaired) electrons. The summed E-state index contributed by atoms with van der Waals surface area (Å²) in [6, 6.07) is 8.29. The van der Waals surface area contributed by atoms with Crippen LogP contribution in [0.1, 0.15) is 15.9 Å². The van der Waals surface area contributed by atoms with Crippen molar-refractivity contribution in [3.8, 4) is 17.2 Å². The summed E-state index contributed by atoms with van der Waals surface area (Å²) in [6.45, 7) is -0.610. The van der Waals surface area contributed by atoms with Crippen molar-refractivity contribution < 1.29 is 34.8 Å². The Morgan fingerprint density at radius 1 is 0.926 bits per heavy atom. The van der Waals surface area contributed by atoms with E-state index in [9.17, 15) is 29.7 Å². The van der Waals surface area contributed by atoms with Crippen molar-refractivity contribution in [2.75, 3.05) is 6.54 Å². The lowest BCUT2D eigenvalue weighted by atomic mass is 10.0. The molecule has 0 saturated heterocycles. The first-order chi connectivity index (χ1) is 12.8. The molecule has 1 atom stereocenters. The van der Waals surface area contributed by atoms with Gasteiger partial charge in [-0.1, -0.05) is 12.1 Å². The third-order valence-corrected chi connectivity index (χ3v) is 3.65. The Bertz CT molecular complexity index is 849. The quantitative estimate of drug-likeness (QED) is 0.382. The average Bonchev–Trinajstić information content (AvgIpc) is 2.63. The SMILES string of the molecule is O=C(O)CNC(=O)[C@H](Cc1ccc(O)cc1)NC(=O)c1ccc(O)c(O)c1. The largest absolute Gasteiger partial charge is 0.508 e. The highest BCUT2D eigenvalue weighted by Crippen LogP contribution is 2.24. The molecule has 6 N–H and O–H groups in total. The fourth-order valence-electron chi connectivity index (χ4n) is 2.27. The molecule has 0 saturated carbocycles. The summed E-state index contributed by atoms with van der Waals surface area (Å²) in [4.78, 5) is 35.3. The number of carbonyl (C=O) groups excluding carboxylic acids is 2. The number of carboxylic acids is 1. The van der Waals surface area contributed by atoms with Crippen LogP contribution in [0.15, 0.2) is 42.5 Å². The number of phenolic OH excluding ortho intramolecular Hbond substituents is 3. The molecule has 0 aliphatic rings. The topological polar surface area (TPSA) is 156 Å². The predicted molar refractivity (Wildman–Crippen MR) is 93.5 cm³/mol. The fourth-order valence-corrected chi connectivity index (χ4v) is 2.27. The molecule has 0 unspecified atom stereocenters. The zero-order valence-electron chi connectivity index (χ0n) is 14.0. The van der Waals surface area contributed by atoms with Crippen LogP contribution in [0.25, 0.3) is 0 Å². The molecule has 2 aromatic carbocycles. The number of carboxylic acid groups (broad SMARTS) is 1. The fraction of sp³-hybridized carbons (Fsp3) is 0.167. The van der Waals surface area contributed by atoms with Gasteiger partial charge < -0.3 is 31.1 Å². The predicted octanol–water partition coefficient (Wildman–Crippen LogP) is 0.345.